The van der Waals surface area contributed by atoms with Gasteiger partial charge in [-0.15, -0.1) is 0 Å². The van der Waals surface area contributed by atoms with Crippen LogP contribution >= 0.6 is 27.5 Å². The molecule has 0 aliphatic carbocycles. The zero-order valence-corrected chi connectivity index (χ0v) is 13.2. The van der Waals surface area contributed by atoms with Crippen molar-refractivity contribution in [2.24, 2.45) is 0 Å². The molecular weight excluding hydrogens is 342 g/mol. The van der Waals surface area contributed by atoms with E-state index in [1.165, 1.54) is 0 Å². The Hall–Kier alpha value is -1.52. The molecule has 1 amide bonds. The second-order valence-corrected chi connectivity index (χ2v) is 5.60. The Bertz CT molecular complexity index is 614. The molecule has 0 fully saturated rings. The van der Waals surface area contributed by atoms with Gasteiger partial charge in [-0.25, -0.2) is 0 Å². The lowest BCUT2D eigenvalue weighted by molar-refractivity contribution is -0.118. The molecule has 0 saturated heterocycles. The van der Waals surface area contributed by atoms with E-state index >= 15 is 0 Å². The van der Waals surface area contributed by atoms with Crippen molar-refractivity contribution in [1.82, 2.24) is 0 Å². The lowest BCUT2D eigenvalue weighted by atomic mass is 10.2. The molecular formula is C15H13BrClNO2. The third-order valence-electron chi connectivity index (χ3n) is 2.58. The van der Waals surface area contributed by atoms with Crippen molar-refractivity contribution in [3.63, 3.8) is 0 Å². The fourth-order valence-electron chi connectivity index (χ4n) is 1.60. The van der Waals surface area contributed by atoms with Gasteiger partial charge < -0.3 is 10.1 Å². The second-order valence-electron chi connectivity index (χ2n) is 4.27. The maximum Gasteiger partial charge on any atom is 0.262 e. The van der Waals surface area contributed by atoms with Crippen LogP contribution in [0.1, 0.15) is 5.56 Å². The summed E-state index contributed by atoms with van der Waals surface area (Å²) in [5.41, 5.74) is 1.62. The molecule has 0 spiro atoms. The summed E-state index contributed by atoms with van der Waals surface area (Å²) in [4.78, 5) is 11.8. The number of carbonyl (C=O) groups is 1. The highest BCUT2D eigenvalue weighted by atomic mass is 79.9. The van der Waals surface area contributed by atoms with Crippen molar-refractivity contribution in [3.05, 3.63) is 57.5 Å². The smallest absolute Gasteiger partial charge is 0.262 e. The molecule has 0 aromatic heterocycles. The highest BCUT2D eigenvalue weighted by Crippen LogP contribution is 2.22. The molecule has 20 heavy (non-hydrogen) atoms. The summed E-state index contributed by atoms with van der Waals surface area (Å²) in [6, 6.07) is 12.7. The van der Waals surface area contributed by atoms with E-state index in [1.807, 2.05) is 31.2 Å². The van der Waals surface area contributed by atoms with Gasteiger partial charge in [-0.05, 0) is 48.9 Å². The number of hydrogen-bond acceptors (Lipinski definition) is 2. The molecule has 3 nitrogen and oxygen atoms in total. The number of carbonyl (C=O) groups excluding carboxylic acids is 1. The molecule has 2 rings (SSSR count). The predicted octanol–water partition coefficient (Wildman–Crippen LogP) is 4.43. The van der Waals surface area contributed by atoms with Crippen molar-refractivity contribution in [1.29, 1.82) is 0 Å². The van der Waals surface area contributed by atoms with Crippen LogP contribution in [-0.2, 0) is 4.79 Å². The Morgan fingerprint density at radius 2 is 1.95 bits per heavy atom. The fourth-order valence-corrected chi connectivity index (χ4v) is 2.03. The normalized spacial score (nSPS) is 10.2. The molecule has 0 saturated carbocycles. The van der Waals surface area contributed by atoms with E-state index in [-0.39, 0.29) is 12.5 Å². The standard InChI is InChI=1S/C15H13BrClNO2/c1-10-2-7-13(17)14(8-10)18-15(19)9-20-12-5-3-11(16)4-6-12/h2-8H,9H2,1H3,(H,18,19). The summed E-state index contributed by atoms with van der Waals surface area (Å²) < 4.78 is 6.35. The second kappa shape index (κ2) is 6.77. The topological polar surface area (TPSA) is 38.3 Å². The van der Waals surface area contributed by atoms with Crippen LogP contribution < -0.4 is 10.1 Å². The Balaban J connectivity index is 1.92. The van der Waals surface area contributed by atoms with Crippen LogP contribution in [0.5, 0.6) is 5.75 Å². The summed E-state index contributed by atoms with van der Waals surface area (Å²) >= 11 is 9.35. The zero-order valence-electron chi connectivity index (χ0n) is 10.8. The lowest BCUT2D eigenvalue weighted by Gasteiger charge is -2.09. The van der Waals surface area contributed by atoms with Crippen molar-refractivity contribution in [2.45, 2.75) is 6.92 Å². The van der Waals surface area contributed by atoms with Crippen LogP contribution in [0.2, 0.25) is 5.02 Å². The van der Waals surface area contributed by atoms with E-state index in [9.17, 15) is 4.79 Å². The average molecular weight is 355 g/mol. The predicted molar refractivity (Wildman–Crippen MR) is 84.5 cm³/mol. The summed E-state index contributed by atoms with van der Waals surface area (Å²) in [7, 11) is 0. The highest BCUT2D eigenvalue weighted by Gasteiger charge is 2.07. The Kier molecular flexibility index (Phi) is 5.04. The van der Waals surface area contributed by atoms with E-state index in [0.717, 1.165) is 10.0 Å². The quantitative estimate of drug-likeness (QED) is 0.882. The molecule has 1 N–H and O–H groups in total. The van der Waals surface area contributed by atoms with Gasteiger partial charge in [0, 0.05) is 4.47 Å². The Morgan fingerprint density at radius 3 is 2.65 bits per heavy atom. The zero-order chi connectivity index (χ0) is 14.5. The van der Waals surface area contributed by atoms with Gasteiger partial charge in [0.2, 0.25) is 0 Å². The minimum absolute atomic E-state index is 0.0636. The molecule has 2 aromatic carbocycles. The number of benzene rings is 2. The minimum Gasteiger partial charge on any atom is -0.484 e. The molecule has 0 heterocycles. The molecule has 0 bridgehead atoms. The number of nitrogens with one attached hydrogen (secondary N) is 1. The van der Waals surface area contributed by atoms with Crippen LogP contribution in [0.4, 0.5) is 5.69 Å². The number of halogens is 2. The van der Waals surface area contributed by atoms with Gasteiger partial charge in [0.15, 0.2) is 6.61 Å². The van der Waals surface area contributed by atoms with E-state index in [2.05, 4.69) is 21.2 Å². The van der Waals surface area contributed by atoms with Gasteiger partial charge in [-0.2, -0.15) is 0 Å². The van der Waals surface area contributed by atoms with E-state index in [0.29, 0.717) is 16.5 Å². The fraction of sp³-hybridized carbons (Fsp3) is 0.133. The first kappa shape index (κ1) is 14.9. The summed E-state index contributed by atoms with van der Waals surface area (Å²) in [5, 5.41) is 3.23. The van der Waals surface area contributed by atoms with Crippen LogP contribution in [0.15, 0.2) is 46.9 Å². The van der Waals surface area contributed by atoms with Gasteiger partial charge in [0.1, 0.15) is 5.75 Å². The van der Waals surface area contributed by atoms with Gasteiger partial charge in [-0.1, -0.05) is 33.6 Å². The van der Waals surface area contributed by atoms with Crippen molar-refractivity contribution in [2.75, 3.05) is 11.9 Å². The Morgan fingerprint density at radius 1 is 1.25 bits per heavy atom. The molecule has 0 radical (unpaired) electrons. The number of rotatable bonds is 4. The van der Waals surface area contributed by atoms with E-state index in [1.54, 1.807) is 18.2 Å². The number of amides is 1. The molecule has 2 aromatic rings. The summed E-state index contributed by atoms with van der Waals surface area (Å²) in [6.45, 7) is 1.87. The molecule has 5 heteroatoms. The molecule has 104 valence electrons. The molecule has 0 unspecified atom stereocenters. The minimum atomic E-state index is -0.250. The van der Waals surface area contributed by atoms with E-state index in [4.69, 9.17) is 16.3 Å². The molecule has 0 aliphatic rings. The third-order valence-corrected chi connectivity index (χ3v) is 3.44. The van der Waals surface area contributed by atoms with E-state index < -0.39 is 0 Å². The van der Waals surface area contributed by atoms with Crippen LogP contribution in [0.25, 0.3) is 0 Å². The van der Waals surface area contributed by atoms with Crippen molar-refractivity contribution in [3.8, 4) is 5.75 Å². The Labute approximate surface area is 131 Å². The van der Waals surface area contributed by atoms with Crippen LogP contribution in [0.3, 0.4) is 0 Å². The number of hydrogen-bond donors (Lipinski definition) is 1. The van der Waals surface area contributed by atoms with Crippen LogP contribution in [0, 0.1) is 6.92 Å². The monoisotopic (exact) mass is 353 g/mol. The summed E-state index contributed by atoms with van der Waals surface area (Å²) in [6.07, 6.45) is 0. The largest absolute Gasteiger partial charge is 0.484 e. The first-order valence-electron chi connectivity index (χ1n) is 5.99. The molecule has 0 atom stereocenters. The lowest BCUT2D eigenvalue weighted by Crippen LogP contribution is -2.20. The SMILES string of the molecule is Cc1ccc(Cl)c(NC(=O)COc2ccc(Br)cc2)c1. The average Bonchev–Trinajstić information content (AvgIpc) is 2.42. The third kappa shape index (κ3) is 4.25. The maximum absolute atomic E-state index is 11.8. The number of aryl methyl sites for hydroxylation is 1. The first-order chi connectivity index (χ1) is 9.54. The maximum atomic E-state index is 11.8. The van der Waals surface area contributed by atoms with Crippen LogP contribution in [-0.4, -0.2) is 12.5 Å². The summed E-state index contributed by atoms with van der Waals surface area (Å²) in [5.74, 6) is 0.388. The van der Waals surface area contributed by atoms with Gasteiger partial charge in [0.05, 0.1) is 10.7 Å². The van der Waals surface area contributed by atoms with Gasteiger partial charge in [0.25, 0.3) is 5.91 Å². The molecule has 0 aliphatic heterocycles. The van der Waals surface area contributed by atoms with Gasteiger partial charge in [-0.3, -0.25) is 4.79 Å². The van der Waals surface area contributed by atoms with Crippen molar-refractivity contribution >= 4 is 39.1 Å². The highest BCUT2D eigenvalue weighted by molar-refractivity contribution is 9.10. The van der Waals surface area contributed by atoms with Gasteiger partial charge >= 0.3 is 0 Å². The number of anilines is 1. The van der Waals surface area contributed by atoms with Crippen molar-refractivity contribution < 1.29 is 9.53 Å². The number of ether oxygens (including phenoxy) is 1. The first-order valence-corrected chi connectivity index (χ1v) is 7.16.